The molecule has 3 amide bonds. The van der Waals surface area contributed by atoms with Gasteiger partial charge in [-0.05, 0) is 42.3 Å². The van der Waals surface area contributed by atoms with Crippen LogP contribution >= 0.6 is 0 Å². The Labute approximate surface area is 168 Å². The van der Waals surface area contributed by atoms with E-state index in [2.05, 4.69) is 10.6 Å². The molecule has 0 saturated carbocycles. The fourth-order valence-corrected chi connectivity index (χ4v) is 3.29. The largest absolute Gasteiger partial charge is 0.493 e. The van der Waals surface area contributed by atoms with E-state index in [4.69, 9.17) is 9.47 Å². The fourth-order valence-electron chi connectivity index (χ4n) is 3.29. The molecule has 2 aromatic rings. The number of amides is 3. The fraction of sp³-hybridized carbons (Fsp3) is 0.333. The number of nitrogens with one attached hydrogen (secondary N) is 2. The van der Waals surface area contributed by atoms with Gasteiger partial charge in [0.05, 0.1) is 20.3 Å². The maximum Gasteiger partial charge on any atom is 0.315 e. The number of carbonyl (C=O) groups excluding carboxylic acids is 2. The number of anilines is 1. The van der Waals surface area contributed by atoms with Crippen molar-refractivity contribution in [1.29, 1.82) is 0 Å². The van der Waals surface area contributed by atoms with Crippen molar-refractivity contribution >= 4 is 17.6 Å². The maximum atomic E-state index is 13.4. The van der Waals surface area contributed by atoms with Gasteiger partial charge in [-0.1, -0.05) is 12.1 Å². The lowest BCUT2D eigenvalue weighted by atomic mass is 10.1. The lowest BCUT2D eigenvalue weighted by Gasteiger charge is -2.17. The van der Waals surface area contributed by atoms with Gasteiger partial charge in [0.2, 0.25) is 5.91 Å². The number of ether oxygens (including phenoxy) is 2. The van der Waals surface area contributed by atoms with E-state index < -0.39 is 5.82 Å². The summed E-state index contributed by atoms with van der Waals surface area (Å²) in [5, 5.41) is 5.59. The Hall–Kier alpha value is -3.29. The van der Waals surface area contributed by atoms with Gasteiger partial charge in [0.25, 0.3) is 0 Å². The van der Waals surface area contributed by atoms with Crippen molar-refractivity contribution in [3.63, 3.8) is 0 Å². The average molecular weight is 401 g/mol. The second-order valence-electron chi connectivity index (χ2n) is 6.72. The zero-order valence-electron chi connectivity index (χ0n) is 16.4. The highest BCUT2D eigenvalue weighted by atomic mass is 19.1. The Balaban J connectivity index is 1.47. The van der Waals surface area contributed by atoms with Gasteiger partial charge in [0.1, 0.15) is 5.82 Å². The van der Waals surface area contributed by atoms with E-state index >= 15 is 0 Å². The average Bonchev–Trinajstić information content (AvgIpc) is 3.07. The number of nitrogens with zero attached hydrogens (tertiary/aromatic N) is 1. The number of hydrogen-bond donors (Lipinski definition) is 2. The molecule has 2 aromatic carbocycles. The van der Waals surface area contributed by atoms with E-state index in [0.29, 0.717) is 36.7 Å². The summed E-state index contributed by atoms with van der Waals surface area (Å²) >= 11 is 0. The maximum absolute atomic E-state index is 13.4. The predicted molar refractivity (Wildman–Crippen MR) is 107 cm³/mol. The summed E-state index contributed by atoms with van der Waals surface area (Å²) in [5.41, 5.74) is 1.49. The van der Waals surface area contributed by atoms with Gasteiger partial charge in [-0.15, -0.1) is 0 Å². The van der Waals surface area contributed by atoms with Crippen molar-refractivity contribution in [2.24, 2.45) is 0 Å². The molecule has 0 spiro atoms. The quantitative estimate of drug-likeness (QED) is 0.747. The third-order valence-corrected chi connectivity index (χ3v) is 4.73. The van der Waals surface area contributed by atoms with E-state index in [1.807, 2.05) is 18.2 Å². The van der Waals surface area contributed by atoms with Crippen LogP contribution in [0, 0.1) is 5.82 Å². The molecule has 0 unspecified atom stereocenters. The van der Waals surface area contributed by atoms with Crippen molar-refractivity contribution in [1.82, 2.24) is 10.6 Å². The topological polar surface area (TPSA) is 79.9 Å². The summed E-state index contributed by atoms with van der Waals surface area (Å²) in [6.45, 7) is 0.737. The summed E-state index contributed by atoms with van der Waals surface area (Å²) < 4.78 is 23.9. The molecule has 2 N–H and O–H groups in total. The molecule has 154 valence electrons. The Bertz CT molecular complexity index is 890. The van der Waals surface area contributed by atoms with Crippen LogP contribution in [0.2, 0.25) is 0 Å². The van der Waals surface area contributed by atoms with Gasteiger partial charge in [0, 0.05) is 25.2 Å². The minimum Gasteiger partial charge on any atom is -0.493 e. The van der Waals surface area contributed by atoms with Crippen molar-refractivity contribution < 1.29 is 23.5 Å². The lowest BCUT2D eigenvalue weighted by molar-refractivity contribution is -0.117. The van der Waals surface area contributed by atoms with Crippen LogP contribution in [0.3, 0.4) is 0 Å². The van der Waals surface area contributed by atoms with E-state index in [-0.39, 0.29) is 24.4 Å². The molecule has 1 atom stereocenters. The molecule has 1 saturated heterocycles. The molecule has 0 bridgehead atoms. The van der Waals surface area contributed by atoms with Crippen LogP contribution in [-0.4, -0.2) is 45.3 Å². The van der Waals surface area contributed by atoms with Crippen LogP contribution in [0.25, 0.3) is 0 Å². The van der Waals surface area contributed by atoms with Crippen LogP contribution < -0.4 is 25.0 Å². The highest BCUT2D eigenvalue weighted by Gasteiger charge is 2.31. The summed E-state index contributed by atoms with van der Waals surface area (Å²) in [4.78, 5) is 25.8. The lowest BCUT2D eigenvalue weighted by Crippen LogP contribution is -2.43. The standard InChI is InChI=1S/C21H24FN3O4/c1-28-18-7-6-14(10-19(18)29-2)8-9-23-21(27)24-16-12-20(26)25(13-16)17-5-3-4-15(22)11-17/h3-7,10-11,16H,8-9,12-13H2,1-2H3,(H2,23,24,27)/t16-/m1/s1. The van der Waals surface area contributed by atoms with Crippen molar-refractivity contribution in [3.8, 4) is 11.5 Å². The molecule has 0 aromatic heterocycles. The first kappa shape index (κ1) is 20.4. The molecule has 7 nitrogen and oxygen atoms in total. The number of rotatable bonds is 7. The molecule has 0 radical (unpaired) electrons. The van der Waals surface area contributed by atoms with Crippen molar-refractivity contribution in [3.05, 3.63) is 53.8 Å². The summed E-state index contributed by atoms with van der Waals surface area (Å²) in [5.74, 6) is 0.734. The predicted octanol–water partition coefficient (Wildman–Crippen LogP) is 2.49. The van der Waals surface area contributed by atoms with Gasteiger partial charge < -0.3 is 25.0 Å². The number of methoxy groups -OCH3 is 2. The number of carbonyl (C=O) groups is 2. The van der Waals surface area contributed by atoms with Gasteiger partial charge in [-0.25, -0.2) is 9.18 Å². The second-order valence-corrected chi connectivity index (χ2v) is 6.72. The molecule has 1 heterocycles. The Morgan fingerprint density at radius 1 is 1.17 bits per heavy atom. The normalized spacial score (nSPS) is 15.9. The zero-order chi connectivity index (χ0) is 20.8. The molecule has 1 fully saturated rings. The van der Waals surface area contributed by atoms with Gasteiger partial charge in [0.15, 0.2) is 11.5 Å². The van der Waals surface area contributed by atoms with E-state index in [0.717, 1.165) is 5.56 Å². The highest BCUT2D eigenvalue weighted by molar-refractivity contribution is 5.96. The first-order valence-corrected chi connectivity index (χ1v) is 9.31. The van der Waals surface area contributed by atoms with E-state index in [9.17, 15) is 14.0 Å². The summed E-state index contributed by atoms with van der Waals surface area (Å²) in [6.07, 6.45) is 0.798. The highest BCUT2D eigenvalue weighted by Crippen LogP contribution is 2.27. The second kappa shape index (κ2) is 9.27. The molecular formula is C21H24FN3O4. The number of halogens is 1. The molecule has 29 heavy (non-hydrogen) atoms. The Morgan fingerprint density at radius 2 is 1.97 bits per heavy atom. The number of benzene rings is 2. The first-order valence-electron chi connectivity index (χ1n) is 9.31. The van der Waals surface area contributed by atoms with Gasteiger partial charge >= 0.3 is 6.03 Å². The minimum atomic E-state index is -0.403. The van der Waals surface area contributed by atoms with Crippen LogP contribution in [0.5, 0.6) is 11.5 Å². The Morgan fingerprint density at radius 3 is 2.69 bits per heavy atom. The van der Waals surface area contributed by atoms with E-state index in [1.165, 1.54) is 17.0 Å². The third kappa shape index (κ3) is 5.16. The molecule has 1 aliphatic rings. The monoisotopic (exact) mass is 401 g/mol. The third-order valence-electron chi connectivity index (χ3n) is 4.73. The van der Waals surface area contributed by atoms with E-state index in [1.54, 1.807) is 26.4 Å². The van der Waals surface area contributed by atoms with Crippen LogP contribution in [0.4, 0.5) is 14.9 Å². The minimum absolute atomic E-state index is 0.147. The first-order chi connectivity index (χ1) is 14.0. The van der Waals surface area contributed by atoms with Crippen LogP contribution in [0.1, 0.15) is 12.0 Å². The molecule has 1 aliphatic heterocycles. The number of hydrogen-bond acceptors (Lipinski definition) is 4. The van der Waals surface area contributed by atoms with Gasteiger partial charge in [-0.2, -0.15) is 0 Å². The van der Waals surface area contributed by atoms with Gasteiger partial charge in [-0.3, -0.25) is 4.79 Å². The molecule has 3 rings (SSSR count). The molecular weight excluding hydrogens is 377 g/mol. The Kier molecular flexibility index (Phi) is 6.54. The SMILES string of the molecule is COc1ccc(CCNC(=O)N[C@@H]2CC(=O)N(c3cccc(F)c3)C2)cc1OC. The molecule has 0 aliphatic carbocycles. The smallest absolute Gasteiger partial charge is 0.315 e. The number of urea groups is 1. The summed E-state index contributed by atoms with van der Waals surface area (Å²) in [6, 6.07) is 10.8. The molecule has 8 heteroatoms. The van der Waals surface area contributed by atoms with Crippen molar-refractivity contribution in [2.45, 2.75) is 18.9 Å². The van der Waals surface area contributed by atoms with Crippen LogP contribution in [0.15, 0.2) is 42.5 Å². The van der Waals surface area contributed by atoms with Crippen molar-refractivity contribution in [2.75, 3.05) is 32.2 Å². The zero-order valence-corrected chi connectivity index (χ0v) is 16.4. The van der Waals surface area contributed by atoms with Crippen LogP contribution in [-0.2, 0) is 11.2 Å². The summed E-state index contributed by atoms with van der Waals surface area (Å²) in [7, 11) is 3.15.